The van der Waals surface area contributed by atoms with Crippen molar-refractivity contribution >= 4 is 0 Å². The average Bonchev–Trinajstić information content (AvgIpc) is 2.48. The SMILES string of the molecule is COCOc1[c-]c2ccc1CCc1ccc(cc1)CC2.[Li+]. The Balaban J connectivity index is 0.00000161. The zero-order valence-electron chi connectivity index (χ0n) is 12.8. The van der Waals surface area contributed by atoms with Crippen molar-refractivity contribution in [3.05, 3.63) is 64.7 Å². The molecule has 0 atom stereocenters. The van der Waals surface area contributed by atoms with Crippen molar-refractivity contribution in [3.63, 3.8) is 0 Å². The molecule has 0 unspecified atom stereocenters. The quantitative estimate of drug-likeness (QED) is 0.457. The monoisotopic (exact) mass is 274 g/mol. The molecule has 0 radical (unpaired) electrons. The van der Waals surface area contributed by atoms with Crippen LogP contribution in [-0.4, -0.2) is 13.9 Å². The summed E-state index contributed by atoms with van der Waals surface area (Å²) in [4.78, 5) is 0. The number of benzene rings is 2. The summed E-state index contributed by atoms with van der Waals surface area (Å²) in [5, 5.41) is 0. The van der Waals surface area contributed by atoms with E-state index in [0.29, 0.717) is 0 Å². The summed E-state index contributed by atoms with van der Waals surface area (Å²) in [5.41, 5.74) is 5.15. The maximum Gasteiger partial charge on any atom is 1.00 e. The minimum absolute atomic E-state index is 0. The molecule has 0 saturated heterocycles. The molecule has 21 heavy (non-hydrogen) atoms. The summed E-state index contributed by atoms with van der Waals surface area (Å²) in [6, 6.07) is 16.7. The predicted molar refractivity (Wildman–Crippen MR) is 79.0 cm³/mol. The van der Waals surface area contributed by atoms with Gasteiger partial charge in [-0.1, -0.05) is 30.7 Å². The van der Waals surface area contributed by atoms with Gasteiger partial charge in [0.15, 0.2) is 6.79 Å². The Labute approximate surface area is 138 Å². The minimum Gasteiger partial charge on any atom is -0.493 e. The molecular formula is C18H19LiO2. The molecule has 6 rings (SSSR count). The molecule has 3 heteroatoms. The van der Waals surface area contributed by atoms with E-state index in [-0.39, 0.29) is 25.7 Å². The summed E-state index contributed by atoms with van der Waals surface area (Å²) in [6.45, 7) is 0.278. The van der Waals surface area contributed by atoms with Crippen LogP contribution in [-0.2, 0) is 30.4 Å². The van der Waals surface area contributed by atoms with Crippen LogP contribution in [0.3, 0.4) is 0 Å². The topological polar surface area (TPSA) is 18.5 Å². The second kappa shape index (κ2) is 7.71. The number of rotatable bonds is 3. The summed E-state index contributed by atoms with van der Waals surface area (Å²) in [7, 11) is 1.64. The van der Waals surface area contributed by atoms with E-state index in [4.69, 9.17) is 9.47 Å². The molecule has 104 valence electrons. The summed E-state index contributed by atoms with van der Waals surface area (Å²) in [5.74, 6) is 0.847. The van der Waals surface area contributed by atoms with Crippen molar-refractivity contribution in [3.8, 4) is 5.75 Å². The Morgan fingerprint density at radius 1 is 0.905 bits per heavy atom. The molecule has 4 bridgehead atoms. The van der Waals surface area contributed by atoms with Gasteiger partial charge in [0.2, 0.25) is 0 Å². The van der Waals surface area contributed by atoms with Crippen molar-refractivity contribution < 1.29 is 28.3 Å². The number of methoxy groups -OCH3 is 1. The molecule has 0 aromatic heterocycles. The molecule has 0 amide bonds. The summed E-state index contributed by atoms with van der Waals surface area (Å²) >= 11 is 0. The van der Waals surface area contributed by atoms with Crippen LogP contribution >= 0.6 is 0 Å². The first-order valence-corrected chi connectivity index (χ1v) is 7.09. The van der Waals surface area contributed by atoms with Gasteiger partial charge in [-0.25, -0.2) is 0 Å². The van der Waals surface area contributed by atoms with Gasteiger partial charge in [0.05, 0.1) is 0 Å². The third kappa shape index (κ3) is 4.14. The van der Waals surface area contributed by atoms with Gasteiger partial charge < -0.3 is 9.47 Å². The first kappa shape index (κ1) is 16.2. The first-order valence-electron chi connectivity index (χ1n) is 7.09. The van der Waals surface area contributed by atoms with Crippen LogP contribution in [0, 0.1) is 6.07 Å². The average molecular weight is 274 g/mol. The van der Waals surface area contributed by atoms with Gasteiger partial charge in [-0.15, -0.1) is 11.6 Å². The zero-order chi connectivity index (χ0) is 13.8. The van der Waals surface area contributed by atoms with E-state index in [2.05, 4.69) is 42.5 Å². The van der Waals surface area contributed by atoms with Crippen molar-refractivity contribution in [2.75, 3.05) is 13.9 Å². The van der Waals surface area contributed by atoms with E-state index in [9.17, 15) is 0 Å². The van der Waals surface area contributed by atoms with Crippen molar-refractivity contribution in [1.29, 1.82) is 0 Å². The number of hydrogen-bond donors (Lipinski definition) is 0. The molecule has 2 nitrogen and oxygen atoms in total. The van der Waals surface area contributed by atoms with Crippen molar-refractivity contribution in [2.45, 2.75) is 25.7 Å². The molecule has 0 saturated carbocycles. The van der Waals surface area contributed by atoms with Gasteiger partial charge in [-0.3, -0.25) is 0 Å². The maximum atomic E-state index is 5.67. The maximum absolute atomic E-state index is 5.67. The van der Waals surface area contributed by atoms with Crippen molar-refractivity contribution in [2.24, 2.45) is 0 Å². The second-order valence-electron chi connectivity index (χ2n) is 5.21. The van der Waals surface area contributed by atoms with Gasteiger partial charge in [-0.2, -0.15) is 17.7 Å². The van der Waals surface area contributed by atoms with E-state index in [1.165, 1.54) is 22.3 Å². The fraction of sp³-hybridized carbons (Fsp3) is 0.333. The summed E-state index contributed by atoms with van der Waals surface area (Å²) < 4.78 is 10.7. The Morgan fingerprint density at radius 2 is 1.57 bits per heavy atom. The van der Waals surface area contributed by atoms with Gasteiger partial charge in [0.25, 0.3) is 0 Å². The van der Waals surface area contributed by atoms with Gasteiger partial charge in [0.1, 0.15) is 0 Å². The smallest absolute Gasteiger partial charge is 0.493 e. The van der Waals surface area contributed by atoms with E-state index >= 15 is 0 Å². The van der Waals surface area contributed by atoms with Gasteiger partial charge >= 0.3 is 18.9 Å². The fourth-order valence-corrected chi connectivity index (χ4v) is 2.56. The molecule has 2 aromatic rings. The van der Waals surface area contributed by atoms with Crippen LogP contribution in [0.5, 0.6) is 5.75 Å². The third-order valence-electron chi connectivity index (χ3n) is 3.76. The van der Waals surface area contributed by atoms with E-state index in [1.807, 2.05) is 0 Å². The van der Waals surface area contributed by atoms with Gasteiger partial charge in [0, 0.05) is 12.9 Å². The number of aryl methyl sites for hydroxylation is 4. The fourth-order valence-electron chi connectivity index (χ4n) is 2.56. The number of ether oxygens (including phenoxy) is 2. The van der Waals surface area contributed by atoms with Gasteiger partial charge in [-0.05, 0) is 30.4 Å². The number of hydrogen-bond acceptors (Lipinski definition) is 2. The molecule has 4 aliphatic rings. The molecule has 0 aliphatic heterocycles. The second-order valence-corrected chi connectivity index (χ2v) is 5.21. The largest absolute Gasteiger partial charge is 1.00 e. The van der Waals surface area contributed by atoms with Crippen LogP contribution in [0.2, 0.25) is 0 Å². The molecule has 0 heterocycles. The Bertz CT molecular complexity index is 578. The normalized spacial score (nSPS) is 13.2. The van der Waals surface area contributed by atoms with Crippen LogP contribution in [0.15, 0.2) is 36.4 Å². The predicted octanol–water partition coefficient (Wildman–Crippen LogP) is 0.357. The van der Waals surface area contributed by atoms with E-state index in [0.717, 1.165) is 31.4 Å². The van der Waals surface area contributed by atoms with Crippen molar-refractivity contribution in [1.82, 2.24) is 0 Å². The molecule has 0 fully saturated rings. The van der Waals surface area contributed by atoms with Crippen LogP contribution < -0.4 is 23.6 Å². The molecule has 2 aromatic carbocycles. The van der Waals surface area contributed by atoms with E-state index in [1.54, 1.807) is 7.11 Å². The Morgan fingerprint density at radius 3 is 2.24 bits per heavy atom. The molecule has 0 spiro atoms. The molecule has 4 aliphatic carbocycles. The van der Waals surface area contributed by atoms with Crippen LogP contribution in [0.1, 0.15) is 22.3 Å². The Hall–Kier alpha value is -1.20. The standard InChI is InChI=1S/C18H19O2.Li/c1-19-13-20-18-12-16-7-6-14-2-4-15(5-3-14)8-10-17(18)11-9-16;/h2-5,9,11H,6-8,10,13H2,1H3;/q-1;+1. The van der Waals surface area contributed by atoms with Crippen LogP contribution in [0.25, 0.3) is 0 Å². The zero-order valence-corrected chi connectivity index (χ0v) is 12.8. The molecule has 0 N–H and O–H groups in total. The summed E-state index contributed by atoms with van der Waals surface area (Å²) in [6.07, 6.45) is 4.02. The molecular weight excluding hydrogens is 255 g/mol. The van der Waals surface area contributed by atoms with Crippen LogP contribution in [0.4, 0.5) is 0 Å². The minimum atomic E-state index is 0. The van der Waals surface area contributed by atoms with E-state index < -0.39 is 0 Å². The third-order valence-corrected chi connectivity index (χ3v) is 3.76. The Kier molecular flexibility index (Phi) is 5.93. The first-order chi connectivity index (χ1) is 9.85.